The van der Waals surface area contributed by atoms with E-state index in [0.29, 0.717) is 0 Å². The monoisotopic (exact) mass is 147 g/mol. The van der Waals surface area contributed by atoms with Gasteiger partial charge < -0.3 is 15.9 Å². The van der Waals surface area contributed by atoms with E-state index in [1.807, 2.05) is 0 Å². The number of amides is 1. The highest BCUT2D eigenvalue weighted by Crippen LogP contribution is 2.00. The van der Waals surface area contributed by atoms with E-state index in [-0.39, 0.29) is 12.8 Å². The fourth-order valence-electron chi connectivity index (χ4n) is 0.531. The number of aliphatic hydroxyl groups excluding tert-OH is 2. The lowest BCUT2D eigenvalue weighted by molar-refractivity contribution is -0.118. The summed E-state index contributed by atoms with van der Waals surface area (Å²) in [6.07, 6.45) is -1.29. The first-order valence-corrected chi connectivity index (χ1v) is 3.18. The molecule has 0 heterocycles. The molecule has 0 saturated heterocycles. The van der Waals surface area contributed by atoms with Gasteiger partial charge in [-0.05, 0) is 13.3 Å². The molecule has 0 fully saturated rings. The van der Waals surface area contributed by atoms with Crippen molar-refractivity contribution in [3.8, 4) is 0 Å². The molecule has 0 aromatic carbocycles. The van der Waals surface area contributed by atoms with Crippen LogP contribution in [0.15, 0.2) is 0 Å². The van der Waals surface area contributed by atoms with Gasteiger partial charge in [-0.25, -0.2) is 0 Å². The van der Waals surface area contributed by atoms with E-state index in [1.54, 1.807) is 0 Å². The van der Waals surface area contributed by atoms with Crippen molar-refractivity contribution >= 4 is 5.91 Å². The second-order valence-corrected chi connectivity index (χ2v) is 2.31. The minimum atomic E-state index is -0.840. The van der Waals surface area contributed by atoms with Crippen molar-refractivity contribution in [2.45, 2.75) is 32.0 Å². The van der Waals surface area contributed by atoms with Gasteiger partial charge in [0.15, 0.2) is 0 Å². The number of primary amides is 1. The molecule has 10 heavy (non-hydrogen) atoms. The average molecular weight is 147 g/mol. The number of aliphatic hydroxyl groups is 2. The molecule has 2 unspecified atom stereocenters. The van der Waals surface area contributed by atoms with Gasteiger partial charge in [0.2, 0.25) is 5.91 Å². The molecule has 0 aromatic heterocycles. The van der Waals surface area contributed by atoms with Crippen LogP contribution in [0.2, 0.25) is 0 Å². The molecular formula is C6H13NO3. The molecular weight excluding hydrogens is 134 g/mol. The number of hydrogen-bond donors (Lipinski definition) is 3. The molecule has 0 rings (SSSR count). The van der Waals surface area contributed by atoms with Crippen LogP contribution in [0.5, 0.6) is 0 Å². The van der Waals surface area contributed by atoms with Crippen LogP contribution < -0.4 is 5.73 Å². The van der Waals surface area contributed by atoms with E-state index in [2.05, 4.69) is 0 Å². The zero-order chi connectivity index (χ0) is 8.15. The zero-order valence-corrected chi connectivity index (χ0v) is 5.95. The Bertz CT molecular complexity index is 114. The highest BCUT2D eigenvalue weighted by atomic mass is 16.3. The lowest BCUT2D eigenvalue weighted by Crippen LogP contribution is -2.24. The van der Waals surface area contributed by atoms with Crippen molar-refractivity contribution in [3.63, 3.8) is 0 Å². The predicted molar refractivity (Wildman–Crippen MR) is 36.1 cm³/mol. The molecule has 0 aliphatic rings. The predicted octanol–water partition coefficient (Wildman–Crippen LogP) is -1.01. The summed E-state index contributed by atoms with van der Waals surface area (Å²) in [4.78, 5) is 10.2. The maximum atomic E-state index is 10.2. The van der Waals surface area contributed by atoms with Crippen molar-refractivity contribution in [1.82, 2.24) is 0 Å². The molecule has 4 heteroatoms. The molecule has 60 valence electrons. The largest absolute Gasteiger partial charge is 0.391 e. The van der Waals surface area contributed by atoms with Gasteiger partial charge in [-0.3, -0.25) is 4.79 Å². The first-order chi connectivity index (χ1) is 4.54. The normalized spacial score (nSPS) is 16.3. The Kier molecular flexibility index (Phi) is 3.99. The fourth-order valence-corrected chi connectivity index (χ4v) is 0.531. The summed E-state index contributed by atoms with van der Waals surface area (Å²) in [7, 11) is 0. The van der Waals surface area contributed by atoms with Gasteiger partial charge in [0.1, 0.15) is 0 Å². The van der Waals surface area contributed by atoms with Crippen molar-refractivity contribution in [2.24, 2.45) is 5.73 Å². The summed E-state index contributed by atoms with van der Waals surface area (Å²) >= 11 is 0. The summed E-state index contributed by atoms with van der Waals surface area (Å²) < 4.78 is 0. The Morgan fingerprint density at radius 2 is 2.10 bits per heavy atom. The Morgan fingerprint density at radius 1 is 1.60 bits per heavy atom. The number of hydrogen-bond acceptors (Lipinski definition) is 3. The summed E-state index contributed by atoms with van der Waals surface area (Å²) in [5.41, 5.74) is 4.81. The van der Waals surface area contributed by atoms with E-state index >= 15 is 0 Å². The third-order valence-electron chi connectivity index (χ3n) is 1.24. The number of rotatable bonds is 4. The molecule has 4 N–H and O–H groups in total. The second-order valence-electron chi connectivity index (χ2n) is 2.31. The van der Waals surface area contributed by atoms with Gasteiger partial charge in [-0.15, -0.1) is 0 Å². The van der Waals surface area contributed by atoms with Crippen molar-refractivity contribution < 1.29 is 15.0 Å². The number of carbonyl (C=O) groups is 1. The van der Waals surface area contributed by atoms with Gasteiger partial charge in [-0.2, -0.15) is 0 Å². The Balaban J connectivity index is 3.39. The van der Waals surface area contributed by atoms with Gasteiger partial charge in [-0.1, -0.05) is 0 Å². The maximum absolute atomic E-state index is 10.2. The lowest BCUT2D eigenvalue weighted by atomic mass is 10.1. The van der Waals surface area contributed by atoms with Crippen LogP contribution in [0.4, 0.5) is 0 Å². The minimum Gasteiger partial charge on any atom is -0.391 e. The van der Waals surface area contributed by atoms with Crippen LogP contribution >= 0.6 is 0 Å². The minimum absolute atomic E-state index is 0.117. The first-order valence-electron chi connectivity index (χ1n) is 3.18. The third kappa shape index (κ3) is 4.29. The second kappa shape index (κ2) is 4.24. The molecule has 0 spiro atoms. The van der Waals surface area contributed by atoms with Crippen LogP contribution in [0.3, 0.4) is 0 Å². The molecule has 0 saturated carbocycles. The van der Waals surface area contributed by atoms with E-state index in [9.17, 15) is 4.79 Å². The van der Waals surface area contributed by atoms with Gasteiger partial charge in [0, 0.05) is 6.42 Å². The van der Waals surface area contributed by atoms with Gasteiger partial charge >= 0.3 is 0 Å². The number of carbonyl (C=O) groups excluding carboxylic acids is 1. The first kappa shape index (κ1) is 9.39. The lowest BCUT2D eigenvalue weighted by Gasteiger charge is -2.11. The van der Waals surface area contributed by atoms with Crippen molar-refractivity contribution in [1.29, 1.82) is 0 Å². The van der Waals surface area contributed by atoms with Crippen LogP contribution in [-0.4, -0.2) is 28.3 Å². The van der Waals surface area contributed by atoms with Crippen molar-refractivity contribution in [3.05, 3.63) is 0 Å². The third-order valence-corrected chi connectivity index (χ3v) is 1.24. The standard InChI is InChI=1S/C6H13NO3/c1-4(8)5(9)2-3-6(7)10/h4-5,8-9H,2-3H2,1H3,(H2,7,10). The van der Waals surface area contributed by atoms with E-state index in [4.69, 9.17) is 15.9 Å². The highest BCUT2D eigenvalue weighted by Gasteiger charge is 2.10. The molecule has 4 nitrogen and oxygen atoms in total. The zero-order valence-electron chi connectivity index (χ0n) is 5.95. The molecule has 1 amide bonds. The van der Waals surface area contributed by atoms with E-state index in [0.717, 1.165) is 0 Å². The highest BCUT2D eigenvalue weighted by molar-refractivity contribution is 5.73. The van der Waals surface area contributed by atoms with E-state index in [1.165, 1.54) is 6.92 Å². The van der Waals surface area contributed by atoms with Crippen LogP contribution in [0, 0.1) is 0 Å². The Hall–Kier alpha value is -0.610. The Labute approximate surface area is 59.7 Å². The molecule has 0 bridgehead atoms. The topological polar surface area (TPSA) is 83.6 Å². The summed E-state index contributed by atoms with van der Waals surface area (Å²) in [6, 6.07) is 0. The quantitative estimate of drug-likeness (QED) is 0.476. The Morgan fingerprint density at radius 3 is 2.40 bits per heavy atom. The molecule has 0 aliphatic heterocycles. The van der Waals surface area contributed by atoms with E-state index < -0.39 is 18.1 Å². The number of nitrogens with two attached hydrogens (primary N) is 1. The maximum Gasteiger partial charge on any atom is 0.217 e. The fraction of sp³-hybridized carbons (Fsp3) is 0.833. The summed E-state index contributed by atoms with van der Waals surface area (Å²) in [5, 5.41) is 17.6. The molecule has 2 atom stereocenters. The molecule has 0 radical (unpaired) electrons. The smallest absolute Gasteiger partial charge is 0.217 e. The van der Waals surface area contributed by atoms with Crippen molar-refractivity contribution in [2.75, 3.05) is 0 Å². The average Bonchev–Trinajstić information content (AvgIpc) is 1.82. The molecule has 0 aliphatic carbocycles. The molecule has 0 aromatic rings. The van der Waals surface area contributed by atoms with Crippen LogP contribution in [-0.2, 0) is 4.79 Å². The van der Waals surface area contributed by atoms with Gasteiger partial charge in [0.25, 0.3) is 0 Å². The summed E-state index contributed by atoms with van der Waals surface area (Å²) in [6.45, 7) is 1.46. The van der Waals surface area contributed by atoms with Crippen LogP contribution in [0.25, 0.3) is 0 Å². The van der Waals surface area contributed by atoms with Gasteiger partial charge in [0.05, 0.1) is 12.2 Å². The SMILES string of the molecule is CC(O)C(O)CCC(N)=O. The summed E-state index contributed by atoms with van der Waals surface area (Å²) in [5.74, 6) is -0.459. The van der Waals surface area contributed by atoms with Crippen LogP contribution in [0.1, 0.15) is 19.8 Å².